The molecule has 2 nitrogen and oxygen atoms in total. The van der Waals surface area contributed by atoms with E-state index in [4.69, 9.17) is 9.33 Å². The minimum Gasteiger partial charge on any atom is -0.297 e. The molecule has 4 heavy (non-hydrogen) atoms. The summed E-state index contributed by atoms with van der Waals surface area (Å²) in [7, 11) is 0. The van der Waals surface area contributed by atoms with Gasteiger partial charge < -0.3 is 0 Å². The molecule has 0 aromatic carbocycles. The summed E-state index contributed by atoms with van der Waals surface area (Å²) in [5.74, 6) is 0. The van der Waals surface area contributed by atoms with E-state index in [9.17, 15) is 3.89 Å². The zero-order chi connectivity index (χ0) is 3.58. The Morgan fingerprint density at radius 1 is 2.00 bits per heavy atom. The fraction of sp³-hybridized carbons (Fsp3) is 0. The van der Waals surface area contributed by atoms with E-state index in [1.807, 2.05) is 0 Å². The molecule has 2 N–H and O–H groups in total. The van der Waals surface area contributed by atoms with Gasteiger partial charge in [0.25, 0.3) is 0 Å². The lowest BCUT2D eigenvalue weighted by Gasteiger charge is -1.60. The molecule has 1 unspecified atom stereocenters. The Balaban J connectivity index is 2.80. The smallest absolute Gasteiger partial charge is 0.214 e. The van der Waals surface area contributed by atoms with Crippen LogP contribution in [0.3, 0.4) is 0 Å². The molecule has 0 bridgehead atoms. The quantitative estimate of drug-likeness (QED) is 0.445. The third-order valence-electron chi connectivity index (χ3n) is 0. The standard InChI is InChI=1S/FH2NOS/c1-4(2)3/h(H2,2,3). The monoisotopic (exact) mass is 83.0 g/mol. The molecule has 0 fully saturated rings. The van der Waals surface area contributed by atoms with Crippen LogP contribution in [0.2, 0.25) is 0 Å². The highest BCUT2D eigenvalue weighted by atomic mass is 32.2. The van der Waals surface area contributed by atoms with Crippen molar-refractivity contribution >= 4 is 11.4 Å². The summed E-state index contributed by atoms with van der Waals surface area (Å²) < 4.78 is 22.8. The number of hydrogen-bond donors (Lipinski definition) is 2. The van der Waals surface area contributed by atoms with Gasteiger partial charge >= 0.3 is 0 Å². The fourth-order valence-electron chi connectivity index (χ4n) is 0. The molecule has 0 spiro atoms. The molecule has 0 amide bonds. The lowest BCUT2D eigenvalue weighted by atomic mass is 14.0. The van der Waals surface area contributed by atoms with Gasteiger partial charge in [0, 0.05) is 0 Å². The molecule has 26 valence electrons. The van der Waals surface area contributed by atoms with Gasteiger partial charge in [-0.1, -0.05) is 0 Å². The third-order valence-corrected chi connectivity index (χ3v) is 0. The van der Waals surface area contributed by atoms with E-state index in [1.54, 1.807) is 0 Å². The molecule has 0 heterocycles. The van der Waals surface area contributed by atoms with Crippen LogP contribution in [0.5, 0.6) is 0 Å². The minimum absolute atomic E-state index is 2.61. The van der Waals surface area contributed by atoms with Crippen molar-refractivity contribution in [1.82, 2.24) is 0 Å². The van der Waals surface area contributed by atoms with Crippen LogP contribution in [0.4, 0.5) is 3.89 Å². The van der Waals surface area contributed by atoms with Crippen molar-refractivity contribution in [3.63, 3.8) is 0 Å². The molecule has 0 rings (SSSR count). The zero-order valence-corrected chi connectivity index (χ0v) is 2.55. The van der Waals surface area contributed by atoms with Crippen molar-refractivity contribution in [3.05, 3.63) is 0 Å². The van der Waals surface area contributed by atoms with E-state index in [2.05, 4.69) is 0 Å². The topological polar surface area (TPSA) is 44.1 Å². The van der Waals surface area contributed by atoms with Crippen molar-refractivity contribution in [2.45, 2.75) is 0 Å². The van der Waals surface area contributed by atoms with Crippen LogP contribution in [0, 0.1) is 4.78 Å². The first-order chi connectivity index (χ1) is 1.73. The van der Waals surface area contributed by atoms with Gasteiger partial charge in [-0.2, -0.15) is 0 Å². The van der Waals surface area contributed by atoms with Crippen LogP contribution in [-0.2, 0) is 11.4 Å². The lowest BCUT2D eigenvalue weighted by molar-refractivity contribution is 0.597. The Morgan fingerprint density at radius 2 is 2.00 bits per heavy atom. The Bertz CT molecular complexity index is 31.0. The maximum absolute atomic E-state index is 10.2. The van der Waals surface area contributed by atoms with Crippen LogP contribution >= 0.6 is 0 Å². The molecule has 0 aliphatic carbocycles. The average Bonchev–Trinajstić information content (AvgIpc) is 0.811. The maximum atomic E-state index is 10.2. The summed E-state index contributed by atoms with van der Waals surface area (Å²) in [6.45, 7) is 0. The van der Waals surface area contributed by atoms with E-state index < -0.39 is 11.4 Å². The molecule has 0 aliphatic heterocycles. The predicted molar refractivity (Wildman–Crippen MR) is 13.8 cm³/mol. The predicted octanol–water partition coefficient (Wildman–Crippen LogP) is 0.725. The molecule has 0 aromatic rings. The van der Waals surface area contributed by atoms with E-state index in [1.165, 1.54) is 0 Å². The second kappa shape index (κ2) is 1.37. The molecule has 0 saturated carbocycles. The van der Waals surface area contributed by atoms with Gasteiger partial charge in [-0.3, -0.25) is 4.55 Å². The number of hydrogen-bond acceptors (Lipinski definition) is 1. The van der Waals surface area contributed by atoms with Crippen molar-refractivity contribution in [2.24, 2.45) is 0 Å². The average molecular weight is 83.1 g/mol. The molecular weight excluding hydrogens is 81.1 g/mol. The SMILES string of the molecule is N=S(O)F. The summed E-state index contributed by atoms with van der Waals surface area (Å²) in [6, 6.07) is 0. The first-order valence-corrected chi connectivity index (χ1v) is 1.62. The fourth-order valence-corrected chi connectivity index (χ4v) is 0. The van der Waals surface area contributed by atoms with Gasteiger partial charge in [0.15, 0.2) is 0 Å². The normalized spacial score (nSPS) is 15.5. The maximum Gasteiger partial charge on any atom is 0.214 e. The van der Waals surface area contributed by atoms with Crippen LogP contribution in [-0.4, -0.2) is 4.55 Å². The van der Waals surface area contributed by atoms with Gasteiger partial charge in [0.2, 0.25) is 11.4 Å². The molecule has 0 aliphatic rings. The van der Waals surface area contributed by atoms with Crippen molar-refractivity contribution in [3.8, 4) is 0 Å². The molecule has 4 heteroatoms. The summed E-state index contributed by atoms with van der Waals surface area (Å²) in [6.07, 6.45) is 0. The third kappa shape index (κ3) is 1380. The Kier molecular flexibility index (Phi) is 1.38. The lowest BCUT2D eigenvalue weighted by Crippen LogP contribution is -1.58. The Morgan fingerprint density at radius 3 is 2.00 bits per heavy atom. The van der Waals surface area contributed by atoms with Crippen LogP contribution < -0.4 is 0 Å². The highest BCUT2D eigenvalue weighted by molar-refractivity contribution is 7.74. The Hall–Kier alpha value is 0.0400. The summed E-state index contributed by atoms with van der Waals surface area (Å²) in [4.78, 5) is 0. The second-order valence-electron chi connectivity index (χ2n) is 0.237. The molecule has 0 radical (unpaired) electrons. The Labute approximate surface area is 25.7 Å². The molecular formula is H2FNOS. The largest absolute Gasteiger partial charge is 0.297 e. The van der Waals surface area contributed by atoms with Crippen molar-refractivity contribution in [1.29, 1.82) is 4.78 Å². The van der Waals surface area contributed by atoms with Gasteiger partial charge in [0.05, 0.1) is 0 Å². The van der Waals surface area contributed by atoms with E-state index in [0.717, 1.165) is 0 Å². The summed E-state index contributed by atoms with van der Waals surface area (Å²) >= 11 is -2.61. The number of rotatable bonds is 0. The van der Waals surface area contributed by atoms with Gasteiger partial charge in [-0.25, -0.2) is 4.78 Å². The van der Waals surface area contributed by atoms with Crippen LogP contribution in [0.1, 0.15) is 0 Å². The van der Waals surface area contributed by atoms with E-state index in [0.29, 0.717) is 0 Å². The van der Waals surface area contributed by atoms with E-state index in [-0.39, 0.29) is 0 Å². The van der Waals surface area contributed by atoms with E-state index >= 15 is 0 Å². The molecule has 0 saturated heterocycles. The number of halogens is 1. The van der Waals surface area contributed by atoms with Crippen LogP contribution in [0.15, 0.2) is 0 Å². The van der Waals surface area contributed by atoms with Gasteiger partial charge in [0.1, 0.15) is 0 Å². The van der Waals surface area contributed by atoms with Crippen molar-refractivity contribution < 1.29 is 8.44 Å². The second-order valence-corrected chi connectivity index (χ2v) is 0.712. The molecule has 1 atom stereocenters. The number of nitrogens with one attached hydrogen (secondary N) is 1. The highest BCUT2D eigenvalue weighted by Crippen LogP contribution is 1.65. The minimum atomic E-state index is -2.61. The van der Waals surface area contributed by atoms with Crippen LogP contribution in [0.25, 0.3) is 0 Å². The summed E-state index contributed by atoms with van der Waals surface area (Å²) in [5, 5.41) is 0. The summed E-state index contributed by atoms with van der Waals surface area (Å²) in [5.41, 5.74) is 0. The van der Waals surface area contributed by atoms with Crippen molar-refractivity contribution in [2.75, 3.05) is 0 Å². The van der Waals surface area contributed by atoms with Gasteiger partial charge in [-0.15, -0.1) is 3.89 Å². The zero-order valence-electron chi connectivity index (χ0n) is 1.73. The first-order valence-electron chi connectivity index (χ1n) is 0.541. The molecule has 0 aromatic heterocycles. The van der Waals surface area contributed by atoms with Gasteiger partial charge in [-0.05, 0) is 0 Å². The first kappa shape index (κ1) is 4.04. The highest BCUT2D eigenvalue weighted by Gasteiger charge is 1.60.